The summed E-state index contributed by atoms with van der Waals surface area (Å²) >= 11 is 0. The summed E-state index contributed by atoms with van der Waals surface area (Å²) in [6.07, 6.45) is 1.13. The third kappa shape index (κ3) is 3.22. The molecule has 0 bridgehead atoms. The monoisotopic (exact) mass is 178 g/mol. The maximum atomic E-state index is 4.03. The van der Waals surface area contributed by atoms with E-state index in [0.717, 1.165) is 12.0 Å². The van der Waals surface area contributed by atoms with E-state index in [9.17, 15) is 0 Å². The first kappa shape index (κ1) is 12.2. The van der Waals surface area contributed by atoms with Gasteiger partial charge < -0.3 is 0 Å². The predicted molar refractivity (Wildman–Crippen MR) is 61.8 cm³/mol. The molecule has 0 nitrogen and oxygen atoms in total. The second-order valence-corrected chi connectivity index (χ2v) is 3.90. The fraction of sp³-hybridized carbons (Fsp3) is 0.538. The maximum Gasteiger partial charge on any atom is 0.000190 e. The predicted octanol–water partition coefficient (Wildman–Crippen LogP) is 4.50. The molecule has 74 valence electrons. The molecule has 0 heteroatoms. The summed E-state index contributed by atoms with van der Waals surface area (Å²) in [5, 5.41) is 0. The Bertz CT molecular complexity index is 241. The van der Waals surface area contributed by atoms with Crippen molar-refractivity contribution in [3.63, 3.8) is 0 Å². The van der Waals surface area contributed by atoms with Crippen molar-refractivity contribution < 1.29 is 0 Å². The molecule has 0 aromatic rings. The fourth-order valence-electron chi connectivity index (χ4n) is 1.62. The van der Waals surface area contributed by atoms with Crippen LogP contribution in [0.4, 0.5) is 0 Å². The van der Waals surface area contributed by atoms with Crippen molar-refractivity contribution in [3.05, 3.63) is 35.5 Å². The minimum absolute atomic E-state index is 0.525. The van der Waals surface area contributed by atoms with Gasteiger partial charge in [0, 0.05) is 5.92 Å². The second-order valence-electron chi connectivity index (χ2n) is 3.90. The molecule has 0 saturated carbocycles. The molecule has 0 rings (SSSR count). The summed E-state index contributed by atoms with van der Waals surface area (Å²) in [6.45, 7) is 18.7. The van der Waals surface area contributed by atoms with Crippen molar-refractivity contribution in [3.8, 4) is 0 Å². The highest BCUT2D eigenvalue weighted by atomic mass is 14.2. The molecular formula is C13H22. The molecule has 0 aliphatic rings. The second kappa shape index (κ2) is 5.06. The molecule has 0 spiro atoms. The summed E-state index contributed by atoms with van der Waals surface area (Å²) in [7, 11) is 0. The molecule has 0 aromatic carbocycles. The van der Waals surface area contributed by atoms with Crippen LogP contribution in [0.1, 0.15) is 41.0 Å². The van der Waals surface area contributed by atoms with Gasteiger partial charge in [-0.25, -0.2) is 0 Å². The topological polar surface area (TPSA) is 0 Å². The van der Waals surface area contributed by atoms with E-state index >= 15 is 0 Å². The largest absolute Gasteiger partial charge is 0.0995 e. The molecule has 0 aliphatic carbocycles. The number of hydrogen-bond acceptors (Lipinski definition) is 0. The summed E-state index contributed by atoms with van der Waals surface area (Å²) in [4.78, 5) is 0. The van der Waals surface area contributed by atoms with E-state index in [1.807, 2.05) is 0 Å². The Balaban J connectivity index is 4.92. The van der Waals surface area contributed by atoms with E-state index in [2.05, 4.69) is 47.8 Å². The molecule has 0 aromatic heterocycles. The fourth-order valence-corrected chi connectivity index (χ4v) is 1.62. The van der Waals surface area contributed by atoms with Crippen molar-refractivity contribution in [2.45, 2.75) is 41.0 Å². The zero-order chi connectivity index (χ0) is 10.6. The molecule has 0 radical (unpaired) electrons. The van der Waals surface area contributed by atoms with E-state index in [1.54, 1.807) is 0 Å². The molecule has 1 atom stereocenters. The summed E-state index contributed by atoms with van der Waals surface area (Å²) in [5.41, 5.74) is 5.16. The molecule has 0 heterocycles. The molecule has 0 amide bonds. The van der Waals surface area contributed by atoms with Crippen LogP contribution in [0.25, 0.3) is 0 Å². The van der Waals surface area contributed by atoms with Gasteiger partial charge in [0.1, 0.15) is 0 Å². The van der Waals surface area contributed by atoms with Crippen LogP contribution in [-0.2, 0) is 0 Å². The van der Waals surface area contributed by atoms with Gasteiger partial charge in [0.25, 0.3) is 0 Å². The first-order valence-electron chi connectivity index (χ1n) is 4.90. The van der Waals surface area contributed by atoms with Crippen molar-refractivity contribution in [1.82, 2.24) is 0 Å². The molecule has 0 saturated heterocycles. The zero-order valence-electron chi connectivity index (χ0n) is 9.70. The summed E-state index contributed by atoms with van der Waals surface area (Å²) < 4.78 is 0. The maximum absolute atomic E-state index is 4.03. The lowest BCUT2D eigenvalue weighted by molar-refractivity contribution is 0.680. The van der Waals surface area contributed by atoms with Gasteiger partial charge in [0.05, 0.1) is 0 Å². The number of allylic oxidation sites excluding steroid dienone is 4. The van der Waals surface area contributed by atoms with Crippen LogP contribution < -0.4 is 0 Å². The van der Waals surface area contributed by atoms with E-state index < -0.39 is 0 Å². The van der Waals surface area contributed by atoms with Gasteiger partial charge in [0.15, 0.2) is 0 Å². The summed E-state index contributed by atoms with van der Waals surface area (Å²) in [6, 6.07) is 0. The highest BCUT2D eigenvalue weighted by Gasteiger charge is 2.11. The smallest absolute Gasteiger partial charge is 0.000190 e. The first-order valence-corrected chi connectivity index (χ1v) is 4.90. The molecule has 0 aliphatic heterocycles. The van der Waals surface area contributed by atoms with Gasteiger partial charge in [-0.1, -0.05) is 36.8 Å². The Hall–Kier alpha value is -0.780. The lowest BCUT2D eigenvalue weighted by Crippen LogP contribution is -2.03. The quantitative estimate of drug-likeness (QED) is 0.439. The molecular weight excluding hydrogens is 156 g/mol. The van der Waals surface area contributed by atoms with Crippen molar-refractivity contribution in [2.75, 3.05) is 0 Å². The van der Waals surface area contributed by atoms with Gasteiger partial charge in [-0.2, -0.15) is 0 Å². The van der Waals surface area contributed by atoms with E-state index in [1.165, 1.54) is 16.7 Å². The molecule has 0 fully saturated rings. The Morgan fingerprint density at radius 3 is 1.77 bits per heavy atom. The van der Waals surface area contributed by atoms with Crippen LogP contribution in [0.3, 0.4) is 0 Å². The van der Waals surface area contributed by atoms with Crippen molar-refractivity contribution in [2.24, 2.45) is 5.92 Å². The average molecular weight is 178 g/mol. The number of hydrogen-bond donors (Lipinski definition) is 0. The summed E-state index contributed by atoms with van der Waals surface area (Å²) in [5.74, 6) is 0.525. The van der Waals surface area contributed by atoms with Crippen LogP contribution in [0, 0.1) is 5.92 Å². The van der Waals surface area contributed by atoms with Gasteiger partial charge in [0.2, 0.25) is 0 Å². The van der Waals surface area contributed by atoms with Gasteiger partial charge in [-0.15, -0.1) is 0 Å². The Labute approximate surface area is 83.0 Å². The van der Waals surface area contributed by atoms with Crippen molar-refractivity contribution >= 4 is 0 Å². The Morgan fingerprint density at radius 1 is 1.08 bits per heavy atom. The molecule has 13 heavy (non-hydrogen) atoms. The third-order valence-electron chi connectivity index (χ3n) is 2.76. The van der Waals surface area contributed by atoms with Gasteiger partial charge in [-0.3, -0.25) is 0 Å². The van der Waals surface area contributed by atoms with Gasteiger partial charge >= 0.3 is 0 Å². The standard InChI is InChI=1S/C13H22/c1-8-13(10(4)5)12(7)11(6)9(2)3/h13H,2,4,8H2,1,3,5-7H3. The zero-order valence-corrected chi connectivity index (χ0v) is 9.70. The van der Waals surface area contributed by atoms with E-state index in [0.29, 0.717) is 5.92 Å². The van der Waals surface area contributed by atoms with E-state index in [-0.39, 0.29) is 0 Å². The average Bonchev–Trinajstić information content (AvgIpc) is 2.03. The van der Waals surface area contributed by atoms with Crippen LogP contribution in [-0.4, -0.2) is 0 Å². The van der Waals surface area contributed by atoms with Crippen LogP contribution >= 0.6 is 0 Å². The minimum atomic E-state index is 0.525. The lowest BCUT2D eigenvalue weighted by atomic mass is 9.87. The minimum Gasteiger partial charge on any atom is -0.0995 e. The Morgan fingerprint density at radius 2 is 1.54 bits per heavy atom. The van der Waals surface area contributed by atoms with E-state index in [4.69, 9.17) is 0 Å². The van der Waals surface area contributed by atoms with Gasteiger partial charge in [-0.05, 0) is 39.7 Å². The number of rotatable bonds is 4. The highest BCUT2D eigenvalue weighted by Crippen LogP contribution is 2.26. The lowest BCUT2D eigenvalue weighted by Gasteiger charge is -2.18. The van der Waals surface area contributed by atoms with Crippen LogP contribution in [0.15, 0.2) is 35.5 Å². The van der Waals surface area contributed by atoms with Crippen molar-refractivity contribution in [1.29, 1.82) is 0 Å². The third-order valence-corrected chi connectivity index (χ3v) is 2.76. The molecule has 0 N–H and O–H groups in total. The highest BCUT2D eigenvalue weighted by molar-refractivity contribution is 5.32. The van der Waals surface area contributed by atoms with Crippen LogP contribution in [0.2, 0.25) is 0 Å². The molecule has 1 unspecified atom stereocenters. The van der Waals surface area contributed by atoms with Crippen LogP contribution in [0.5, 0.6) is 0 Å². The normalized spacial score (nSPS) is 14.8. The first-order chi connectivity index (χ1) is 5.91. The Kier molecular flexibility index (Phi) is 4.76. The SMILES string of the molecule is C=C(C)C(C)=C(C)C(CC)C(=C)C.